The number of aryl methyl sites for hydroxylation is 1. The average molecular weight is 403 g/mol. The van der Waals surface area contributed by atoms with Gasteiger partial charge in [0.25, 0.3) is 11.6 Å². The molecule has 1 amide bonds. The number of benzene rings is 2. The third-order valence-corrected chi connectivity index (χ3v) is 4.69. The molecule has 0 spiro atoms. The van der Waals surface area contributed by atoms with Gasteiger partial charge in [0.05, 0.1) is 28.5 Å². The van der Waals surface area contributed by atoms with Crippen molar-refractivity contribution in [3.63, 3.8) is 0 Å². The third-order valence-electron chi connectivity index (χ3n) is 4.33. The molecule has 0 aliphatic rings. The number of carbonyl (C=O) groups excluding carboxylic acids is 1. The largest absolute Gasteiger partial charge is 0.319 e. The normalized spacial score (nSPS) is 10.7. The first-order chi connectivity index (χ1) is 13.3. The second kappa shape index (κ2) is 7.77. The van der Waals surface area contributed by atoms with E-state index in [9.17, 15) is 19.3 Å². The number of nitrogens with one attached hydrogen (secondary N) is 1. The van der Waals surface area contributed by atoms with E-state index in [-0.39, 0.29) is 28.4 Å². The van der Waals surface area contributed by atoms with Gasteiger partial charge in [-0.15, -0.1) is 0 Å². The van der Waals surface area contributed by atoms with Gasteiger partial charge >= 0.3 is 0 Å². The van der Waals surface area contributed by atoms with E-state index in [1.165, 1.54) is 35.0 Å². The van der Waals surface area contributed by atoms with Crippen LogP contribution in [0.3, 0.4) is 0 Å². The molecule has 9 heteroatoms. The number of rotatable bonds is 5. The fraction of sp³-hybridized carbons (Fsp3) is 0.158. The third kappa shape index (κ3) is 3.72. The van der Waals surface area contributed by atoms with Gasteiger partial charge in [0.2, 0.25) is 0 Å². The molecule has 0 fully saturated rings. The van der Waals surface area contributed by atoms with Crippen LogP contribution in [0.15, 0.2) is 42.5 Å². The minimum atomic E-state index is -0.623. The summed E-state index contributed by atoms with van der Waals surface area (Å²) in [5.74, 6) is -1.08. The fourth-order valence-corrected chi connectivity index (χ4v) is 3.09. The molecule has 0 aliphatic heterocycles. The molecule has 1 N–H and O–H groups in total. The summed E-state index contributed by atoms with van der Waals surface area (Å²) >= 11 is 6.08. The van der Waals surface area contributed by atoms with Crippen LogP contribution in [0.5, 0.6) is 0 Å². The van der Waals surface area contributed by atoms with E-state index in [1.807, 2.05) is 0 Å². The Labute approximate surface area is 164 Å². The molecule has 0 atom stereocenters. The standard InChI is InChI=1S/C19H16ClFN4O3/c1-11-18(22-19(26)13-6-3-4-9-17(13)25(27)28)12(2)24(23-11)10-14-15(20)7-5-8-16(14)21/h3-9H,10H2,1-2H3,(H,22,26). The number of nitro groups is 1. The predicted molar refractivity (Wildman–Crippen MR) is 103 cm³/mol. The highest BCUT2D eigenvalue weighted by Crippen LogP contribution is 2.26. The number of para-hydroxylation sites is 1. The first-order valence-corrected chi connectivity index (χ1v) is 8.69. The summed E-state index contributed by atoms with van der Waals surface area (Å²) in [7, 11) is 0. The van der Waals surface area contributed by atoms with E-state index in [2.05, 4.69) is 10.4 Å². The second-order valence-corrected chi connectivity index (χ2v) is 6.54. The minimum Gasteiger partial charge on any atom is -0.319 e. The number of aromatic nitrogens is 2. The summed E-state index contributed by atoms with van der Waals surface area (Å²) in [5.41, 5.74) is 1.42. The van der Waals surface area contributed by atoms with Gasteiger partial charge in [-0.3, -0.25) is 19.6 Å². The van der Waals surface area contributed by atoms with Gasteiger partial charge in [0.1, 0.15) is 11.4 Å². The maximum atomic E-state index is 14.1. The van der Waals surface area contributed by atoms with E-state index >= 15 is 0 Å². The predicted octanol–water partition coefficient (Wildman–Crippen LogP) is 4.50. The van der Waals surface area contributed by atoms with Gasteiger partial charge in [-0.25, -0.2) is 4.39 Å². The SMILES string of the molecule is Cc1nn(Cc2c(F)cccc2Cl)c(C)c1NC(=O)c1ccccc1[N+](=O)[O-]. The molecule has 0 radical (unpaired) electrons. The summed E-state index contributed by atoms with van der Waals surface area (Å²) < 4.78 is 15.6. The number of nitro benzene ring substituents is 1. The first-order valence-electron chi connectivity index (χ1n) is 8.31. The van der Waals surface area contributed by atoms with Crippen molar-refractivity contribution in [3.8, 4) is 0 Å². The number of nitrogens with zero attached hydrogens (tertiary/aromatic N) is 3. The number of carbonyl (C=O) groups is 1. The zero-order chi connectivity index (χ0) is 20.4. The maximum absolute atomic E-state index is 14.1. The Hall–Kier alpha value is -3.26. The molecule has 3 aromatic rings. The number of hydrogen-bond donors (Lipinski definition) is 1. The van der Waals surface area contributed by atoms with Crippen LogP contribution in [0.1, 0.15) is 27.3 Å². The summed E-state index contributed by atoms with van der Waals surface area (Å²) in [6, 6.07) is 10.1. The van der Waals surface area contributed by atoms with Crippen molar-refractivity contribution in [2.45, 2.75) is 20.4 Å². The Bertz CT molecular complexity index is 1060. The zero-order valence-corrected chi connectivity index (χ0v) is 15.8. The molecule has 0 unspecified atom stereocenters. The van der Waals surface area contributed by atoms with Crippen LogP contribution >= 0.6 is 11.6 Å². The van der Waals surface area contributed by atoms with Crippen LogP contribution in [-0.4, -0.2) is 20.6 Å². The van der Waals surface area contributed by atoms with E-state index in [0.29, 0.717) is 17.1 Å². The first kappa shape index (κ1) is 19.5. The Morgan fingerprint density at radius 3 is 2.64 bits per heavy atom. The zero-order valence-electron chi connectivity index (χ0n) is 15.1. The van der Waals surface area contributed by atoms with Crippen LogP contribution in [-0.2, 0) is 6.54 Å². The lowest BCUT2D eigenvalue weighted by Gasteiger charge is -2.09. The highest BCUT2D eigenvalue weighted by Gasteiger charge is 2.22. The van der Waals surface area contributed by atoms with Crippen molar-refractivity contribution >= 4 is 28.9 Å². The summed E-state index contributed by atoms with van der Waals surface area (Å²) in [6.07, 6.45) is 0. The Balaban J connectivity index is 1.91. The number of anilines is 1. The lowest BCUT2D eigenvalue weighted by atomic mass is 10.1. The fourth-order valence-electron chi connectivity index (χ4n) is 2.87. The van der Waals surface area contributed by atoms with Crippen LogP contribution in [0.4, 0.5) is 15.8 Å². The van der Waals surface area contributed by atoms with Gasteiger partial charge in [0.15, 0.2) is 0 Å². The van der Waals surface area contributed by atoms with Crippen LogP contribution in [0.25, 0.3) is 0 Å². The quantitative estimate of drug-likeness (QED) is 0.502. The molecule has 0 saturated heterocycles. The van der Waals surface area contributed by atoms with E-state index in [0.717, 1.165) is 0 Å². The molecule has 1 aromatic heterocycles. The number of hydrogen-bond acceptors (Lipinski definition) is 4. The minimum absolute atomic E-state index is 0.0591. The van der Waals surface area contributed by atoms with Gasteiger partial charge in [-0.05, 0) is 32.0 Å². The lowest BCUT2D eigenvalue weighted by Crippen LogP contribution is -2.15. The number of halogens is 2. The molecule has 0 aliphatic carbocycles. The Morgan fingerprint density at radius 1 is 1.25 bits per heavy atom. The summed E-state index contributed by atoms with van der Waals surface area (Å²) in [6.45, 7) is 3.48. The molecule has 144 valence electrons. The van der Waals surface area contributed by atoms with Crippen molar-refractivity contribution in [2.75, 3.05) is 5.32 Å². The topological polar surface area (TPSA) is 90.1 Å². The van der Waals surface area contributed by atoms with Crippen molar-refractivity contribution in [3.05, 3.63) is 85.9 Å². The van der Waals surface area contributed by atoms with Crippen molar-refractivity contribution < 1.29 is 14.1 Å². The number of amides is 1. The molecule has 0 saturated carbocycles. The lowest BCUT2D eigenvalue weighted by molar-refractivity contribution is -0.385. The molecule has 7 nitrogen and oxygen atoms in total. The van der Waals surface area contributed by atoms with Gasteiger partial charge in [0, 0.05) is 16.7 Å². The second-order valence-electron chi connectivity index (χ2n) is 6.13. The van der Waals surface area contributed by atoms with Gasteiger partial charge < -0.3 is 5.32 Å². The molecule has 28 heavy (non-hydrogen) atoms. The Kier molecular flexibility index (Phi) is 5.41. The van der Waals surface area contributed by atoms with Crippen molar-refractivity contribution in [1.29, 1.82) is 0 Å². The van der Waals surface area contributed by atoms with Crippen LogP contribution in [0, 0.1) is 29.8 Å². The molecule has 1 heterocycles. The van der Waals surface area contributed by atoms with Gasteiger partial charge in [-0.2, -0.15) is 5.10 Å². The monoisotopic (exact) mass is 402 g/mol. The average Bonchev–Trinajstić information content (AvgIpc) is 2.92. The molecule has 2 aromatic carbocycles. The van der Waals surface area contributed by atoms with Crippen LogP contribution < -0.4 is 5.32 Å². The molecular formula is C19H16ClFN4O3. The Morgan fingerprint density at radius 2 is 1.96 bits per heavy atom. The smallest absolute Gasteiger partial charge is 0.282 e. The van der Waals surface area contributed by atoms with E-state index in [4.69, 9.17) is 11.6 Å². The molecule has 3 rings (SSSR count). The summed E-state index contributed by atoms with van der Waals surface area (Å²) in [4.78, 5) is 23.1. The molecular weight excluding hydrogens is 387 g/mol. The van der Waals surface area contributed by atoms with Crippen molar-refractivity contribution in [2.24, 2.45) is 0 Å². The highest BCUT2D eigenvalue weighted by molar-refractivity contribution is 6.31. The van der Waals surface area contributed by atoms with E-state index in [1.54, 1.807) is 26.0 Å². The van der Waals surface area contributed by atoms with Gasteiger partial charge in [-0.1, -0.05) is 29.8 Å². The van der Waals surface area contributed by atoms with E-state index < -0.39 is 16.6 Å². The summed E-state index contributed by atoms with van der Waals surface area (Å²) in [5, 5.41) is 18.4. The van der Waals surface area contributed by atoms with Crippen LogP contribution in [0.2, 0.25) is 5.02 Å². The molecule has 0 bridgehead atoms. The highest BCUT2D eigenvalue weighted by atomic mass is 35.5. The maximum Gasteiger partial charge on any atom is 0.282 e. The van der Waals surface area contributed by atoms with Crippen molar-refractivity contribution in [1.82, 2.24) is 9.78 Å².